The van der Waals surface area contributed by atoms with Gasteiger partial charge in [0.1, 0.15) is 11.6 Å². The molecule has 2 heterocycles. The fraction of sp³-hybridized carbons (Fsp3) is 0.0769. The molecule has 0 spiro atoms. The van der Waals surface area contributed by atoms with Gasteiger partial charge in [0.05, 0.1) is 28.0 Å². The van der Waals surface area contributed by atoms with Crippen LogP contribution in [0.1, 0.15) is 24.0 Å². The minimum absolute atomic E-state index is 0.263. The van der Waals surface area contributed by atoms with Crippen LogP contribution >= 0.6 is 0 Å². The molecular formula is C52H39N3O. The first-order valence-corrected chi connectivity index (χ1v) is 19.4. The van der Waals surface area contributed by atoms with Crippen LogP contribution in [0.5, 0.6) is 5.75 Å². The molecule has 0 radical (unpaired) electrons. The van der Waals surface area contributed by atoms with Crippen LogP contribution in [-0.4, -0.2) is 19.6 Å². The van der Waals surface area contributed by atoms with Gasteiger partial charge in [-0.2, -0.15) is 0 Å². The van der Waals surface area contributed by atoms with Crippen LogP contribution in [0, 0.1) is 0 Å². The van der Waals surface area contributed by atoms with Gasteiger partial charge in [-0.3, -0.25) is 9.55 Å². The maximum absolute atomic E-state index is 11.8. The van der Waals surface area contributed by atoms with E-state index < -0.39 is 0 Å². The van der Waals surface area contributed by atoms with Crippen LogP contribution in [0.15, 0.2) is 182 Å². The van der Waals surface area contributed by atoms with Crippen molar-refractivity contribution in [2.75, 3.05) is 0 Å². The molecule has 56 heavy (non-hydrogen) atoms. The Labute approximate surface area is 327 Å². The fourth-order valence-electron chi connectivity index (χ4n) is 8.37. The molecule has 0 atom stereocenters. The maximum Gasteiger partial charge on any atom is 0.149 e. The topological polar surface area (TPSA) is 50.9 Å². The van der Waals surface area contributed by atoms with Gasteiger partial charge in [0.25, 0.3) is 0 Å². The Bertz CT molecular complexity index is 2860. The van der Waals surface area contributed by atoms with Crippen LogP contribution in [0.25, 0.3) is 83.9 Å². The molecule has 0 saturated carbocycles. The number of aryl methyl sites for hydroxylation is 2. The first-order valence-electron chi connectivity index (χ1n) is 19.4. The number of fused-ring (bicyclic) bond motifs is 2. The molecule has 4 nitrogen and oxygen atoms in total. The van der Waals surface area contributed by atoms with Crippen LogP contribution in [-0.2, 0) is 12.8 Å². The maximum atomic E-state index is 11.8. The minimum Gasteiger partial charge on any atom is -0.507 e. The number of aromatic hydroxyl groups is 1. The molecule has 1 aliphatic rings. The van der Waals surface area contributed by atoms with Crippen molar-refractivity contribution < 1.29 is 5.11 Å². The number of hydrogen-bond acceptors (Lipinski definition) is 3. The highest BCUT2D eigenvalue weighted by Crippen LogP contribution is 2.43. The summed E-state index contributed by atoms with van der Waals surface area (Å²) < 4.78 is 2.25. The van der Waals surface area contributed by atoms with E-state index in [9.17, 15) is 5.11 Å². The second-order valence-corrected chi connectivity index (χ2v) is 14.6. The fourth-order valence-corrected chi connectivity index (χ4v) is 8.37. The minimum atomic E-state index is 0.263. The monoisotopic (exact) mass is 721 g/mol. The van der Waals surface area contributed by atoms with E-state index in [2.05, 4.69) is 162 Å². The van der Waals surface area contributed by atoms with E-state index in [4.69, 9.17) is 9.97 Å². The van der Waals surface area contributed by atoms with E-state index in [1.165, 1.54) is 11.1 Å². The van der Waals surface area contributed by atoms with Crippen LogP contribution < -0.4 is 0 Å². The summed E-state index contributed by atoms with van der Waals surface area (Å²) in [4.78, 5) is 10.4. The molecule has 1 aliphatic carbocycles. The normalized spacial score (nSPS) is 12.4. The van der Waals surface area contributed by atoms with Gasteiger partial charge < -0.3 is 5.11 Å². The molecule has 9 aromatic rings. The van der Waals surface area contributed by atoms with Crippen LogP contribution in [0.3, 0.4) is 0 Å². The van der Waals surface area contributed by atoms with Gasteiger partial charge in [-0.15, -0.1) is 0 Å². The quantitative estimate of drug-likeness (QED) is 0.178. The number of hydrogen-bond donors (Lipinski definition) is 1. The van der Waals surface area contributed by atoms with E-state index >= 15 is 0 Å². The third-order valence-corrected chi connectivity index (χ3v) is 11.1. The lowest BCUT2D eigenvalue weighted by atomic mass is 9.90. The number of imidazole rings is 1. The summed E-state index contributed by atoms with van der Waals surface area (Å²) in [6.07, 6.45) is 6.19. The molecule has 2 aromatic heterocycles. The Hall–Kier alpha value is -7.04. The zero-order valence-electron chi connectivity index (χ0n) is 30.9. The number of para-hydroxylation sites is 2. The molecule has 10 rings (SSSR count). The van der Waals surface area contributed by atoms with Crippen LogP contribution in [0.4, 0.5) is 0 Å². The predicted molar refractivity (Wildman–Crippen MR) is 230 cm³/mol. The van der Waals surface area contributed by atoms with E-state index in [-0.39, 0.29) is 5.75 Å². The third kappa shape index (κ3) is 6.15. The second-order valence-electron chi connectivity index (χ2n) is 14.6. The molecule has 0 aliphatic heterocycles. The van der Waals surface area contributed by atoms with Crippen molar-refractivity contribution in [2.45, 2.75) is 25.7 Å². The van der Waals surface area contributed by atoms with E-state index in [1.54, 1.807) is 0 Å². The van der Waals surface area contributed by atoms with E-state index in [0.29, 0.717) is 0 Å². The molecule has 0 bridgehead atoms. The zero-order chi connectivity index (χ0) is 37.4. The first-order chi connectivity index (χ1) is 27.7. The van der Waals surface area contributed by atoms with E-state index in [1.807, 2.05) is 24.4 Å². The van der Waals surface area contributed by atoms with Gasteiger partial charge in [-0.05, 0) is 125 Å². The third-order valence-electron chi connectivity index (χ3n) is 11.1. The number of rotatable bonds is 7. The lowest BCUT2D eigenvalue weighted by Gasteiger charge is -2.19. The van der Waals surface area contributed by atoms with Crippen molar-refractivity contribution >= 4 is 11.0 Å². The first kappa shape index (κ1) is 33.5. The average Bonchev–Trinajstić information content (AvgIpc) is 3.66. The van der Waals surface area contributed by atoms with Gasteiger partial charge in [-0.25, -0.2) is 4.98 Å². The number of benzene rings is 7. The summed E-state index contributed by atoms with van der Waals surface area (Å²) in [5.41, 5.74) is 16.8. The number of nitrogens with zero attached hydrogens (tertiary/aromatic N) is 3. The summed E-state index contributed by atoms with van der Waals surface area (Å²) in [6, 6.07) is 61.6. The van der Waals surface area contributed by atoms with E-state index in [0.717, 1.165) is 110 Å². The van der Waals surface area contributed by atoms with Crippen molar-refractivity contribution in [3.05, 3.63) is 193 Å². The molecule has 268 valence electrons. The van der Waals surface area contributed by atoms with Crippen molar-refractivity contribution in [3.8, 4) is 78.6 Å². The summed E-state index contributed by atoms with van der Waals surface area (Å²) in [5.74, 6) is 0.983. The van der Waals surface area contributed by atoms with Crippen molar-refractivity contribution in [3.63, 3.8) is 0 Å². The average molecular weight is 722 g/mol. The SMILES string of the molecule is Oc1cc2c(cc1-c1nc3c(-c4cc(-c5ccccc5)cc(-c5cc(-c6ccccc6)ccn5)c4)cccc3n1-c1ccccc1-c1ccccc1)CCCC2. The molecule has 0 amide bonds. The molecular weight excluding hydrogens is 683 g/mol. The summed E-state index contributed by atoms with van der Waals surface area (Å²) in [6.45, 7) is 0. The molecule has 0 unspecified atom stereocenters. The summed E-state index contributed by atoms with van der Waals surface area (Å²) in [5, 5.41) is 11.8. The van der Waals surface area contributed by atoms with Gasteiger partial charge in [-0.1, -0.05) is 121 Å². The Morgan fingerprint density at radius 2 is 1.05 bits per heavy atom. The predicted octanol–water partition coefficient (Wildman–Crippen LogP) is 13.0. The lowest BCUT2D eigenvalue weighted by molar-refractivity contribution is 0.474. The van der Waals surface area contributed by atoms with Gasteiger partial charge in [0.2, 0.25) is 0 Å². The van der Waals surface area contributed by atoms with Gasteiger partial charge in [0, 0.05) is 22.9 Å². The molecule has 0 fully saturated rings. The second kappa shape index (κ2) is 14.3. The summed E-state index contributed by atoms with van der Waals surface area (Å²) in [7, 11) is 0. The standard InChI is InChI=1S/C52H39N3O/c56-50-34-39-22-11-10-21-38(39)32-46(50)52-54-51-45(24-14-26-49(51)55(52)48-25-13-12-23-44(48)37-19-8-3-9-20-37)42-29-41(36-17-6-2-7-18-36)30-43(31-42)47-33-40(27-28-53-47)35-15-4-1-5-16-35/h1-9,12-20,23-34,56H,10-11,21-22H2. The van der Waals surface area contributed by atoms with Gasteiger partial charge in [0.15, 0.2) is 0 Å². The van der Waals surface area contributed by atoms with Crippen molar-refractivity contribution in [1.29, 1.82) is 0 Å². The Kier molecular flexibility index (Phi) is 8.57. The van der Waals surface area contributed by atoms with Gasteiger partial charge >= 0.3 is 0 Å². The smallest absolute Gasteiger partial charge is 0.149 e. The van der Waals surface area contributed by atoms with Crippen molar-refractivity contribution in [1.82, 2.24) is 14.5 Å². The Balaban J connectivity index is 1.23. The number of phenolic OH excluding ortho intramolecular Hbond substituents is 1. The molecule has 0 saturated heterocycles. The molecule has 1 N–H and O–H groups in total. The highest BCUT2D eigenvalue weighted by molar-refractivity contribution is 5.98. The number of phenols is 1. The van der Waals surface area contributed by atoms with Crippen LogP contribution in [0.2, 0.25) is 0 Å². The molecule has 4 heteroatoms. The highest BCUT2D eigenvalue weighted by Gasteiger charge is 2.24. The highest BCUT2D eigenvalue weighted by atomic mass is 16.3. The van der Waals surface area contributed by atoms with Crippen molar-refractivity contribution in [2.24, 2.45) is 0 Å². The Morgan fingerprint density at radius 1 is 0.446 bits per heavy atom. The Morgan fingerprint density at radius 3 is 1.80 bits per heavy atom. The molecule has 7 aromatic carbocycles. The number of pyridine rings is 1. The summed E-state index contributed by atoms with van der Waals surface area (Å²) >= 11 is 0. The largest absolute Gasteiger partial charge is 0.507 e. The zero-order valence-corrected chi connectivity index (χ0v) is 30.9. The lowest BCUT2D eigenvalue weighted by Crippen LogP contribution is -2.05. The number of aromatic nitrogens is 3.